The molecule has 0 bridgehead atoms. The number of nitrogens with one attached hydrogen (secondary N) is 3. The van der Waals surface area contributed by atoms with Crippen molar-refractivity contribution in [3.8, 4) is 5.75 Å². The number of carboxylic acids is 1. The van der Waals surface area contributed by atoms with Crippen LogP contribution in [0.25, 0.3) is 0 Å². The molecule has 0 aliphatic carbocycles. The molecule has 3 aromatic rings. The van der Waals surface area contributed by atoms with Crippen LogP contribution in [-0.4, -0.2) is 85.1 Å². The van der Waals surface area contributed by atoms with E-state index in [9.17, 15) is 27.9 Å². The van der Waals surface area contributed by atoms with Crippen molar-refractivity contribution in [3.63, 3.8) is 0 Å². The Hall–Kier alpha value is -4.86. The Bertz CT molecular complexity index is 1710. The zero-order valence-electron chi connectivity index (χ0n) is 25.3. The van der Waals surface area contributed by atoms with Gasteiger partial charge in [-0.2, -0.15) is 4.31 Å². The molecule has 1 aliphatic rings. The highest BCUT2D eigenvalue weighted by atomic mass is 32.2. The number of amides is 3. The summed E-state index contributed by atoms with van der Waals surface area (Å²) in [5.41, 5.74) is 2.95. The molecule has 0 fully saturated rings. The van der Waals surface area contributed by atoms with E-state index in [0.29, 0.717) is 28.3 Å². The lowest BCUT2D eigenvalue weighted by Crippen LogP contribution is -2.38. The lowest BCUT2D eigenvalue weighted by molar-refractivity contribution is -0.138. The zero-order valence-corrected chi connectivity index (χ0v) is 26.1. The summed E-state index contributed by atoms with van der Waals surface area (Å²) in [6.45, 7) is 2.25. The summed E-state index contributed by atoms with van der Waals surface area (Å²) < 4.78 is 32.7. The number of pyridine rings is 1. The number of aromatic nitrogens is 1. The number of anilines is 3. The number of nitrogens with zero attached hydrogens (tertiary/aromatic N) is 4. The number of para-hydroxylation sites is 1. The molecule has 15 heteroatoms. The molecule has 14 nitrogen and oxygen atoms in total. The van der Waals surface area contributed by atoms with E-state index in [0.717, 1.165) is 9.87 Å². The Morgan fingerprint density at radius 1 is 1.07 bits per heavy atom. The standard InChI is InChI=1S/C30H35N7O7S/c1-19-7-5-6-8-22(19)33-30(41)34-23-11-9-20(13-25(23)44-4)14-27(38)35-26-12-10-21(16-31-26)24(15-29(39)40)37(3)45(42,43)28-17-36(2)18-32-28/h5-13,16,24H,14-15,17-18H2,1-4H3,(H,39,40)(H,31,35,38)(H2,33,34,41). The molecule has 0 saturated carbocycles. The number of ether oxygens (including phenoxy) is 1. The molecule has 238 valence electrons. The second-order valence-corrected chi connectivity index (χ2v) is 12.5. The summed E-state index contributed by atoms with van der Waals surface area (Å²) in [6, 6.07) is 13.8. The van der Waals surface area contributed by atoms with Crippen molar-refractivity contribution in [2.24, 2.45) is 4.99 Å². The van der Waals surface area contributed by atoms with Crippen molar-refractivity contribution >= 4 is 50.2 Å². The fraction of sp³-hybridized carbons (Fsp3) is 0.300. The molecular weight excluding hydrogens is 602 g/mol. The number of hydrogen-bond donors (Lipinski definition) is 4. The zero-order chi connectivity index (χ0) is 32.7. The monoisotopic (exact) mass is 637 g/mol. The summed E-state index contributed by atoms with van der Waals surface area (Å²) in [4.78, 5) is 46.9. The van der Waals surface area contributed by atoms with Gasteiger partial charge in [0.2, 0.25) is 5.91 Å². The summed E-state index contributed by atoms with van der Waals surface area (Å²) in [7, 11) is 0.479. The first-order valence-electron chi connectivity index (χ1n) is 13.9. The Kier molecular flexibility index (Phi) is 10.5. The van der Waals surface area contributed by atoms with Crippen LogP contribution >= 0.6 is 0 Å². The lowest BCUT2D eigenvalue weighted by Gasteiger charge is -2.26. The van der Waals surface area contributed by atoms with Crippen LogP contribution in [0.5, 0.6) is 5.75 Å². The van der Waals surface area contributed by atoms with Gasteiger partial charge in [0.05, 0.1) is 44.9 Å². The summed E-state index contributed by atoms with van der Waals surface area (Å²) >= 11 is 0. The van der Waals surface area contributed by atoms with E-state index in [-0.39, 0.29) is 36.4 Å². The van der Waals surface area contributed by atoms with E-state index in [2.05, 4.69) is 25.9 Å². The van der Waals surface area contributed by atoms with E-state index >= 15 is 0 Å². The minimum atomic E-state index is -4.02. The molecule has 1 aliphatic heterocycles. The van der Waals surface area contributed by atoms with Crippen LogP contribution in [0.1, 0.15) is 29.2 Å². The molecule has 0 radical (unpaired) electrons. The van der Waals surface area contributed by atoms with Gasteiger partial charge in [0.15, 0.2) is 5.04 Å². The SMILES string of the molecule is COc1cc(CC(=O)Nc2ccc(C(CC(=O)O)N(C)S(=O)(=O)C3=NCN(C)C3)cn2)ccc1NC(=O)Nc1ccccc1C. The van der Waals surface area contributed by atoms with Gasteiger partial charge >= 0.3 is 12.0 Å². The van der Waals surface area contributed by atoms with Crippen LogP contribution < -0.4 is 20.7 Å². The van der Waals surface area contributed by atoms with Crippen LogP contribution in [0.2, 0.25) is 0 Å². The van der Waals surface area contributed by atoms with Crippen LogP contribution in [0.4, 0.5) is 22.0 Å². The maximum absolute atomic E-state index is 13.1. The molecule has 0 saturated heterocycles. The molecule has 1 atom stereocenters. The maximum Gasteiger partial charge on any atom is 0.323 e. The van der Waals surface area contributed by atoms with Crippen molar-refractivity contribution in [2.75, 3.05) is 50.4 Å². The first-order chi connectivity index (χ1) is 21.4. The van der Waals surface area contributed by atoms with Gasteiger partial charge in [-0.15, -0.1) is 0 Å². The van der Waals surface area contributed by atoms with Gasteiger partial charge < -0.3 is 25.8 Å². The van der Waals surface area contributed by atoms with Gasteiger partial charge in [-0.1, -0.05) is 30.3 Å². The van der Waals surface area contributed by atoms with Gasteiger partial charge in [-0.05, 0) is 54.9 Å². The predicted molar refractivity (Wildman–Crippen MR) is 170 cm³/mol. The van der Waals surface area contributed by atoms with Gasteiger partial charge in [0.25, 0.3) is 10.0 Å². The predicted octanol–water partition coefficient (Wildman–Crippen LogP) is 3.30. The van der Waals surface area contributed by atoms with E-state index in [1.165, 1.54) is 32.5 Å². The summed E-state index contributed by atoms with van der Waals surface area (Å²) in [5.74, 6) is -1.02. The molecule has 45 heavy (non-hydrogen) atoms. The quantitative estimate of drug-likeness (QED) is 0.245. The Balaban J connectivity index is 1.40. The minimum absolute atomic E-state index is 0.0331. The second-order valence-electron chi connectivity index (χ2n) is 10.5. The fourth-order valence-corrected chi connectivity index (χ4v) is 6.10. The number of hydrogen-bond acceptors (Lipinski definition) is 9. The third-order valence-electron chi connectivity index (χ3n) is 7.09. The second kappa shape index (κ2) is 14.3. The van der Waals surface area contributed by atoms with Crippen LogP contribution in [0, 0.1) is 6.92 Å². The Labute approximate surface area is 261 Å². The number of benzene rings is 2. The molecule has 1 aromatic heterocycles. The molecular formula is C30H35N7O7S. The maximum atomic E-state index is 13.1. The third-order valence-corrected chi connectivity index (χ3v) is 8.95. The molecule has 4 rings (SSSR count). The first kappa shape index (κ1) is 33.0. The van der Waals surface area contributed by atoms with Gasteiger partial charge in [0, 0.05) is 18.9 Å². The van der Waals surface area contributed by atoms with Crippen molar-refractivity contribution < 1.29 is 32.6 Å². The average Bonchev–Trinajstić information content (AvgIpc) is 3.45. The highest BCUT2D eigenvalue weighted by Gasteiger charge is 2.35. The van der Waals surface area contributed by atoms with Crippen LogP contribution in [-0.2, 0) is 26.0 Å². The summed E-state index contributed by atoms with van der Waals surface area (Å²) in [6.07, 6.45) is 0.810. The lowest BCUT2D eigenvalue weighted by atomic mass is 10.1. The van der Waals surface area contributed by atoms with E-state index in [4.69, 9.17) is 4.74 Å². The van der Waals surface area contributed by atoms with Gasteiger partial charge in [-0.25, -0.2) is 18.2 Å². The highest BCUT2D eigenvalue weighted by Crippen LogP contribution is 2.29. The number of carbonyl (C=O) groups excluding carboxylic acids is 2. The molecule has 2 heterocycles. The number of aryl methyl sites for hydroxylation is 1. The molecule has 4 N–H and O–H groups in total. The largest absolute Gasteiger partial charge is 0.495 e. The minimum Gasteiger partial charge on any atom is -0.495 e. The smallest absolute Gasteiger partial charge is 0.323 e. The first-order valence-corrected chi connectivity index (χ1v) is 15.3. The molecule has 0 spiro atoms. The topological polar surface area (TPSA) is 183 Å². The van der Waals surface area contributed by atoms with Crippen LogP contribution in [0.15, 0.2) is 65.8 Å². The van der Waals surface area contributed by atoms with Crippen molar-refractivity contribution in [2.45, 2.75) is 25.8 Å². The molecule has 3 amide bonds. The number of sulfonamides is 1. The number of carboxylic acid groups (broad SMARTS) is 1. The van der Waals surface area contributed by atoms with Gasteiger partial charge in [-0.3, -0.25) is 19.5 Å². The average molecular weight is 638 g/mol. The molecule has 1 unspecified atom stereocenters. The van der Waals surface area contributed by atoms with Crippen molar-refractivity contribution in [1.29, 1.82) is 0 Å². The Morgan fingerprint density at radius 2 is 1.80 bits per heavy atom. The molecule has 2 aromatic carbocycles. The van der Waals surface area contributed by atoms with Gasteiger partial charge in [0.1, 0.15) is 11.6 Å². The summed E-state index contributed by atoms with van der Waals surface area (Å²) in [5, 5.41) is 17.7. The van der Waals surface area contributed by atoms with Crippen LogP contribution in [0.3, 0.4) is 0 Å². The number of methoxy groups -OCH3 is 1. The van der Waals surface area contributed by atoms with Crippen molar-refractivity contribution in [1.82, 2.24) is 14.2 Å². The number of rotatable bonds is 11. The number of carbonyl (C=O) groups is 3. The third kappa shape index (κ3) is 8.41. The number of aliphatic imine (C=N–C) groups is 1. The Morgan fingerprint density at radius 3 is 2.42 bits per heavy atom. The number of aliphatic carboxylic acids is 1. The fourth-order valence-electron chi connectivity index (χ4n) is 4.64. The number of urea groups is 1. The van der Waals surface area contributed by atoms with E-state index in [1.807, 2.05) is 25.1 Å². The van der Waals surface area contributed by atoms with E-state index < -0.39 is 34.5 Å². The van der Waals surface area contributed by atoms with Crippen molar-refractivity contribution in [3.05, 3.63) is 77.5 Å². The van der Waals surface area contributed by atoms with E-state index in [1.54, 1.807) is 36.2 Å². The normalized spacial score (nSPS) is 14.0. The highest BCUT2D eigenvalue weighted by molar-refractivity contribution is 8.04.